The third-order valence-corrected chi connectivity index (χ3v) is 4.79. The molecule has 0 atom stereocenters. The van der Waals surface area contributed by atoms with Crippen LogP contribution in [0.1, 0.15) is 34.4 Å². The molecule has 0 bridgehead atoms. The first-order chi connectivity index (χ1) is 14.5. The molecular weight excluding hydrogens is 376 g/mol. The minimum absolute atomic E-state index is 0.157. The second kappa shape index (κ2) is 10.4. The number of amides is 1. The zero-order valence-electron chi connectivity index (χ0n) is 17.8. The molecule has 0 radical (unpaired) electrons. The molecule has 156 valence electrons. The number of hydrogen-bond acceptors (Lipinski definition) is 4. The minimum atomic E-state index is -0.157. The summed E-state index contributed by atoms with van der Waals surface area (Å²) in [6.07, 6.45) is 5.70. The van der Waals surface area contributed by atoms with E-state index in [0.29, 0.717) is 25.4 Å². The molecule has 6 nitrogen and oxygen atoms in total. The van der Waals surface area contributed by atoms with E-state index in [1.54, 1.807) is 10.8 Å². The molecule has 2 aromatic carbocycles. The van der Waals surface area contributed by atoms with E-state index in [0.717, 1.165) is 23.3 Å². The maximum Gasteiger partial charge on any atom is 0.244 e. The van der Waals surface area contributed by atoms with Gasteiger partial charge in [-0.05, 0) is 61.6 Å². The summed E-state index contributed by atoms with van der Waals surface area (Å²) in [5.74, 6) is 0.757. The Hall–Kier alpha value is -3.41. The number of rotatable bonds is 9. The van der Waals surface area contributed by atoms with E-state index in [1.807, 2.05) is 36.5 Å². The van der Waals surface area contributed by atoms with Crippen LogP contribution in [0.5, 0.6) is 5.75 Å². The van der Waals surface area contributed by atoms with Crippen LogP contribution >= 0.6 is 0 Å². The van der Waals surface area contributed by atoms with Gasteiger partial charge in [-0.2, -0.15) is 0 Å². The molecule has 0 saturated heterocycles. The van der Waals surface area contributed by atoms with Crippen LogP contribution in [0.4, 0.5) is 0 Å². The van der Waals surface area contributed by atoms with Gasteiger partial charge in [-0.15, -0.1) is 5.10 Å². The van der Waals surface area contributed by atoms with E-state index in [1.165, 1.54) is 17.2 Å². The lowest BCUT2D eigenvalue weighted by atomic mass is 10.1. The number of aryl methyl sites for hydroxylation is 2. The van der Waals surface area contributed by atoms with Crippen LogP contribution in [0.3, 0.4) is 0 Å². The number of carbonyl (C=O) groups is 1. The fourth-order valence-electron chi connectivity index (χ4n) is 3.07. The zero-order valence-corrected chi connectivity index (χ0v) is 17.8. The van der Waals surface area contributed by atoms with Crippen molar-refractivity contribution in [1.29, 1.82) is 0 Å². The number of hydrogen-bond donors (Lipinski definition) is 1. The predicted octanol–water partition coefficient (Wildman–Crippen LogP) is 3.85. The van der Waals surface area contributed by atoms with E-state index < -0.39 is 0 Å². The monoisotopic (exact) mass is 404 g/mol. The predicted molar refractivity (Wildman–Crippen MR) is 118 cm³/mol. The molecule has 0 saturated carbocycles. The van der Waals surface area contributed by atoms with Crippen LogP contribution in [0.2, 0.25) is 0 Å². The van der Waals surface area contributed by atoms with Crippen molar-refractivity contribution in [1.82, 2.24) is 20.3 Å². The highest BCUT2D eigenvalue weighted by molar-refractivity contribution is 5.91. The fraction of sp³-hybridized carbons (Fsp3) is 0.292. The summed E-state index contributed by atoms with van der Waals surface area (Å²) in [6, 6.07) is 14.2. The average Bonchev–Trinajstić information content (AvgIpc) is 3.17. The summed E-state index contributed by atoms with van der Waals surface area (Å²) in [5, 5.41) is 11.0. The summed E-state index contributed by atoms with van der Waals surface area (Å²) in [4.78, 5) is 12.0. The molecule has 0 fully saturated rings. The van der Waals surface area contributed by atoms with Crippen molar-refractivity contribution in [3.8, 4) is 5.75 Å². The lowest BCUT2D eigenvalue weighted by molar-refractivity contribution is -0.116. The lowest BCUT2D eigenvalue weighted by Crippen LogP contribution is -2.23. The van der Waals surface area contributed by atoms with Gasteiger partial charge >= 0.3 is 0 Å². The van der Waals surface area contributed by atoms with Crippen LogP contribution in [0.25, 0.3) is 6.08 Å². The van der Waals surface area contributed by atoms with E-state index >= 15 is 0 Å². The molecule has 0 aliphatic rings. The van der Waals surface area contributed by atoms with Gasteiger partial charge in [0, 0.05) is 12.6 Å². The molecule has 0 aliphatic carbocycles. The van der Waals surface area contributed by atoms with Crippen molar-refractivity contribution in [2.45, 2.75) is 33.7 Å². The quantitative estimate of drug-likeness (QED) is 0.434. The molecule has 0 aliphatic heterocycles. The Morgan fingerprint density at radius 2 is 1.97 bits per heavy atom. The second-order valence-electron chi connectivity index (χ2n) is 7.36. The molecule has 3 aromatic rings. The number of aromatic nitrogens is 3. The number of nitrogens with zero attached hydrogens (tertiary/aromatic N) is 3. The van der Waals surface area contributed by atoms with Gasteiger partial charge < -0.3 is 10.1 Å². The van der Waals surface area contributed by atoms with Crippen LogP contribution in [0, 0.1) is 20.8 Å². The van der Waals surface area contributed by atoms with Gasteiger partial charge in [0.15, 0.2) is 0 Å². The number of benzene rings is 2. The van der Waals surface area contributed by atoms with E-state index in [2.05, 4.69) is 48.5 Å². The Morgan fingerprint density at radius 3 is 2.77 bits per heavy atom. The maximum atomic E-state index is 12.0. The number of carbonyl (C=O) groups excluding carboxylic acids is 1. The van der Waals surface area contributed by atoms with Gasteiger partial charge in [0.1, 0.15) is 11.4 Å². The smallest absolute Gasteiger partial charge is 0.244 e. The van der Waals surface area contributed by atoms with E-state index in [4.69, 9.17) is 4.74 Å². The topological polar surface area (TPSA) is 69.0 Å². The van der Waals surface area contributed by atoms with Gasteiger partial charge in [-0.3, -0.25) is 4.79 Å². The SMILES string of the molecule is Cc1cc(C)c(C)c(OCCCNC(=O)/C=C/c2cn(Cc3ccccc3)nn2)c1. The zero-order chi connectivity index (χ0) is 21.3. The summed E-state index contributed by atoms with van der Waals surface area (Å²) < 4.78 is 7.62. The molecule has 3 rings (SSSR count). The average molecular weight is 405 g/mol. The first-order valence-corrected chi connectivity index (χ1v) is 10.1. The highest BCUT2D eigenvalue weighted by Crippen LogP contribution is 2.23. The molecule has 6 heteroatoms. The Balaban J connectivity index is 1.38. The largest absolute Gasteiger partial charge is 0.493 e. The van der Waals surface area contributed by atoms with E-state index in [9.17, 15) is 4.79 Å². The molecule has 1 heterocycles. The molecular formula is C24H28N4O2. The van der Waals surface area contributed by atoms with Gasteiger partial charge in [-0.1, -0.05) is 41.6 Å². The number of ether oxygens (including phenoxy) is 1. The second-order valence-corrected chi connectivity index (χ2v) is 7.36. The Kier molecular flexibility index (Phi) is 7.38. The fourth-order valence-corrected chi connectivity index (χ4v) is 3.07. The van der Waals surface area contributed by atoms with Crippen molar-refractivity contribution in [3.63, 3.8) is 0 Å². The Labute approximate surface area is 177 Å². The molecule has 0 spiro atoms. The molecule has 1 aromatic heterocycles. The summed E-state index contributed by atoms with van der Waals surface area (Å²) in [6.45, 7) is 7.96. The van der Waals surface area contributed by atoms with Crippen LogP contribution in [-0.2, 0) is 11.3 Å². The van der Waals surface area contributed by atoms with Gasteiger partial charge in [0.25, 0.3) is 0 Å². The summed E-state index contributed by atoms with van der Waals surface area (Å²) in [7, 11) is 0. The number of nitrogens with one attached hydrogen (secondary N) is 1. The van der Waals surface area contributed by atoms with Crippen molar-refractivity contribution in [3.05, 3.63) is 82.7 Å². The summed E-state index contributed by atoms with van der Waals surface area (Å²) in [5.41, 5.74) is 5.37. The van der Waals surface area contributed by atoms with Gasteiger partial charge in [0.05, 0.1) is 19.3 Å². The van der Waals surface area contributed by atoms with Crippen molar-refractivity contribution < 1.29 is 9.53 Å². The van der Waals surface area contributed by atoms with Crippen molar-refractivity contribution in [2.24, 2.45) is 0 Å². The van der Waals surface area contributed by atoms with Crippen molar-refractivity contribution in [2.75, 3.05) is 13.2 Å². The van der Waals surface area contributed by atoms with E-state index in [-0.39, 0.29) is 5.91 Å². The molecule has 1 N–H and O–H groups in total. The molecule has 0 unspecified atom stereocenters. The highest BCUT2D eigenvalue weighted by atomic mass is 16.5. The third kappa shape index (κ3) is 6.30. The first kappa shape index (κ1) is 21.3. The minimum Gasteiger partial charge on any atom is -0.493 e. The van der Waals surface area contributed by atoms with Crippen molar-refractivity contribution >= 4 is 12.0 Å². The first-order valence-electron chi connectivity index (χ1n) is 10.1. The van der Waals surface area contributed by atoms with Gasteiger partial charge in [0.2, 0.25) is 5.91 Å². The molecule has 30 heavy (non-hydrogen) atoms. The highest BCUT2D eigenvalue weighted by Gasteiger charge is 2.04. The Morgan fingerprint density at radius 1 is 1.17 bits per heavy atom. The maximum absolute atomic E-state index is 12.0. The lowest BCUT2D eigenvalue weighted by Gasteiger charge is -2.12. The van der Waals surface area contributed by atoms with Crippen LogP contribution in [-0.4, -0.2) is 34.1 Å². The molecule has 1 amide bonds. The normalized spacial score (nSPS) is 11.0. The summed E-state index contributed by atoms with van der Waals surface area (Å²) >= 11 is 0. The van der Waals surface area contributed by atoms with Crippen LogP contribution < -0.4 is 10.1 Å². The Bertz CT molecular complexity index is 1010. The van der Waals surface area contributed by atoms with Gasteiger partial charge in [-0.25, -0.2) is 4.68 Å². The van der Waals surface area contributed by atoms with Crippen LogP contribution in [0.15, 0.2) is 54.7 Å². The standard InChI is InChI=1S/C24H28N4O2/c1-18-14-19(2)20(3)23(15-18)30-13-7-12-25-24(29)11-10-22-17-28(27-26-22)16-21-8-5-4-6-9-21/h4-6,8-11,14-15,17H,7,12-13,16H2,1-3H3,(H,25,29)/b11-10+. The third-order valence-electron chi connectivity index (χ3n) is 4.79.